The van der Waals surface area contributed by atoms with Crippen molar-refractivity contribution < 1.29 is 4.42 Å². The van der Waals surface area contributed by atoms with E-state index in [9.17, 15) is 0 Å². The van der Waals surface area contributed by atoms with Crippen molar-refractivity contribution in [3.63, 3.8) is 0 Å². The Morgan fingerprint density at radius 3 is 1.75 bits per heavy atom. The zero-order chi connectivity index (χ0) is 42.1. The van der Waals surface area contributed by atoms with E-state index in [2.05, 4.69) is 149 Å². The molecule has 1 aliphatic rings. The zero-order valence-electron chi connectivity index (χ0n) is 34.3. The lowest BCUT2D eigenvalue weighted by Crippen LogP contribution is -2.15. The van der Waals surface area contributed by atoms with Crippen molar-refractivity contribution >= 4 is 72.6 Å². The Morgan fingerprint density at radius 2 is 0.938 bits per heavy atom. The molecule has 1 aliphatic heterocycles. The highest BCUT2D eigenvalue weighted by Crippen LogP contribution is 2.54. The topological polar surface area (TPSA) is 60.0 Å². The Balaban J connectivity index is 0.916. The van der Waals surface area contributed by atoms with Gasteiger partial charge in [0.1, 0.15) is 5.58 Å². The zero-order valence-corrected chi connectivity index (χ0v) is 35.1. The van der Waals surface area contributed by atoms with Gasteiger partial charge in [0.2, 0.25) is 0 Å². The Morgan fingerprint density at radius 1 is 0.359 bits per heavy atom. The Bertz CT molecular complexity index is 3730. The monoisotopic (exact) mass is 837 g/mol. The van der Waals surface area contributed by atoms with Gasteiger partial charge < -0.3 is 13.9 Å². The van der Waals surface area contributed by atoms with Crippen molar-refractivity contribution in [2.45, 2.75) is 9.79 Å². The van der Waals surface area contributed by atoms with Gasteiger partial charge in [-0.1, -0.05) is 157 Å². The molecule has 7 heteroatoms. The highest BCUT2D eigenvalue weighted by atomic mass is 32.2. The van der Waals surface area contributed by atoms with E-state index in [4.69, 9.17) is 19.4 Å². The predicted molar refractivity (Wildman–Crippen MR) is 262 cm³/mol. The van der Waals surface area contributed by atoms with Crippen molar-refractivity contribution in [3.8, 4) is 51.0 Å². The van der Waals surface area contributed by atoms with Crippen LogP contribution in [0, 0.1) is 0 Å². The predicted octanol–water partition coefficient (Wildman–Crippen LogP) is 15.5. The highest BCUT2D eigenvalue weighted by molar-refractivity contribution is 7.99. The van der Waals surface area contributed by atoms with Crippen molar-refractivity contribution in [2.24, 2.45) is 0 Å². The van der Waals surface area contributed by atoms with Crippen LogP contribution in [0.15, 0.2) is 227 Å². The summed E-state index contributed by atoms with van der Waals surface area (Å²) in [7, 11) is 0. The molecule has 13 rings (SSSR count). The van der Waals surface area contributed by atoms with Crippen LogP contribution in [0.4, 0.5) is 17.1 Å². The summed E-state index contributed by atoms with van der Waals surface area (Å²) in [5.74, 6) is 1.90. The third kappa shape index (κ3) is 5.93. The van der Waals surface area contributed by atoms with Crippen LogP contribution in [0.25, 0.3) is 94.7 Å². The number of furan rings is 1. The van der Waals surface area contributed by atoms with Crippen LogP contribution < -0.4 is 4.90 Å². The van der Waals surface area contributed by atoms with Crippen LogP contribution in [0.2, 0.25) is 0 Å². The maximum Gasteiger partial charge on any atom is 0.164 e. The SMILES string of the molecule is c1ccc(-c2nc(-c3ccccc3)nc(-c3cccc(-n4c5ccccc5c5cc(-c6ccc7c(c6)Sc6ccccc6N7c6cccc7c6oc6ccccc67)ccc54)c3)n2)cc1. The summed E-state index contributed by atoms with van der Waals surface area (Å²) in [6, 6.07) is 74.5. The van der Waals surface area contributed by atoms with Crippen molar-refractivity contribution in [1.82, 2.24) is 19.5 Å². The molecule has 0 fully saturated rings. The van der Waals surface area contributed by atoms with Crippen LogP contribution in [-0.4, -0.2) is 19.5 Å². The first kappa shape index (κ1) is 36.4. The third-order valence-electron chi connectivity index (χ3n) is 12.2. The summed E-state index contributed by atoms with van der Waals surface area (Å²) in [6.45, 7) is 0. The molecule has 0 saturated heterocycles. The van der Waals surface area contributed by atoms with E-state index in [-0.39, 0.29) is 0 Å². The maximum atomic E-state index is 6.58. The van der Waals surface area contributed by atoms with E-state index in [0.29, 0.717) is 17.5 Å². The van der Waals surface area contributed by atoms with Gasteiger partial charge in [-0.25, -0.2) is 15.0 Å². The fourth-order valence-corrected chi connectivity index (χ4v) is 10.4. The number of aromatic nitrogens is 4. The van der Waals surface area contributed by atoms with Crippen molar-refractivity contribution in [1.29, 1.82) is 0 Å². The van der Waals surface area contributed by atoms with Gasteiger partial charge in [0.05, 0.1) is 28.1 Å². The molecule has 3 aromatic heterocycles. The molecule has 0 saturated carbocycles. The summed E-state index contributed by atoms with van der Waals surface area (Å²) in [5.41, 5.74) is 13.5. The van der Waals surface area contributed by atoms with Gasteiger partial charge in [0.15, 0.2) is 23.1 Å². The Labute approximate surface area is 372 Å². The number of anilines is 3. The Hall–Kier alpha value is -8.26. The molecule has 9 aromatic carbocycles. The molecule has 0 unspecified atom stereocenters. The minimum Gasteiger partial charge on any atom is -0.454 e. The van der Waals surface area contributed by atoms with Gasteiger partial charge in [-0.05, 0) is 77.9 Å². The largest absolute Gasteiger partial charge is 0.454 e. The van der Waals surface area contributed by atoms with Gasteiger partial charge >= 0.3 is 0 Å². The van der Waals surface area contributed by atoms with Crippen molar-refractivity contribution in [3.05, 3.63) is 212 Å². The summed E-state index contributed by atoms with van der Waals surface area (Å²) >= 11 is 1.82. The number of benzene rings is 9. The van der Waals surface area contributed by atoms with Crippen LogP contribution in [0.1, 0.15) is 0 Å². The number of fused-ring (bicyclic) bond motifs is 8. The number of rotatable bonds is 6. The van der Waals surface area contributed by atoms with Gasteiger partial charge in [-0.15, -0.1) is 0 Å². The summed E-state index contributed by atoms with van der Waals surface area (Å²) in [6.07, 6.45) is 0. The van der Waals surface area contributed by atoms with Gasteiger partial charge in [0.25, 0.3) is 0 Å². The number of hydrogen-bond donors (Lipinski definition) is 0. The average molecular weight is 838 g/mol. The molecule has 0 N–H and O–H groups in total. The number of para-hydroxylation sites is 4. The Kier molecular flexibility index (Phi) is 8.35. The van der Waals surface area contributed by atoms with E-state index in [1.165, 1.54) is 20.6 Å². The highest BCUT2D eigenvalue weighted by Gasteiger charge is 2.28. The molecule has 0 radical (unpaired) electrons. The molecular formula is C57H35N5OS. The minimum absolute atomic E-state index is 0.623. The summed E-state index contributed by atoms with van der Waals surface area (Å²) in [4.78, 5) is 19.7. The molecule has 12 aromatic rings. The molecule has 64 heavy (non-hydrogen) atoms. The molecule has 300 valence electrons. The first-order valence-corrected chi connectivity index (χ1v) is 22.2. The van der Waals surface area contributed by atoms with E-state index in [1.54, 1.807) is 0 Å². The van der Waals surface area contributed by atoms with Crippen LogP contribution in [-0.2, 0) is 0 Å². The third-order valence-corrected chi connectivity index (χ3v) is 13.3. The molecule has 0 bridgehead atoms. The van der Waals surface area contributed by atoms with Gasteiger partial charge in [-0.3, -0.25) is 0 Å². The lowest BCUT2D eigenvalue weighted by molar-refractivity contribution is 0.669. The van der Waals surface area contributed by atoms with E-state index < -0.39 is 0 Å². The lowest BCUT2D eigenvalue weighted by atomic mass is 10.0. The molecule has 0 aliphatic carbocycles. The van der Waals surface area contributed by atoms with E-state index in [1.807, 2.05) is 84.6 Å². The van der Waals surface area contributed by atoms with Crippen LogP contribution in [0.3, 0.4) is 0 Å². The van der Waals surface area contributed by atoms with Crippen LogP contribution >= 0.6 is 11.8 Å². The maximum absolute atomic E-state index is 6.58. The number of nitrogens with zero attached hydrogens (tertiary/aromatic N) is 5. The second-order valence-electron chi connectivity index (χ2n) is 16.0. The number of hydrogen-bond acceptors (Lipinski definition) is 6. The molecule has 0 atom stereocenters. The molecule has 0 spiro atoms. The second kappa shape index (κ2) is 14.7. The summed E-state index contributed by atoms with van der Waals surface area (Å²) in [5, 5.41) is 4.61. The fraction of sp³-hybridized carbons (Fsp3) is 0. The van der Waals surface area contributed by atoms with Gasteiger partial charge in [0, 0.05) is 53.7 Å². The summed E-state index contributed by atoms with van der Waals surface area (Å²) < 4.78 is 8.94. The van der Waals surface area contributed by atoms with E-state index in [0.717, 1.165) is 83.5 Å². The lowest BCUT2D eigenvalue weighted by Gasteiger charge is -2.33. The molecule has 4 heterocycles. The minimum atomic E-state index is 0.623. The van der Waals surface area contributed by atoms with Crippen LogP contribution in [0.5, 0.6) is 0 Å². The fourth-order valence-electron chi connectivity index (χ4n) is 9.26. The first-order chi connectivity index (χ1) is 31.7. The van der Waals surface area contributed by atoms with E-state index >= 15 is 0 Å². The molecule has 0 amide bonds. The quantitative estimate of drug-likeness (QED) is 0.166. The normalized spacial score (nSPS) is 12.3. The van der Waals surface area contributed by atoms with Crippen molar-refractivity contribution in [2.75, 3.05) is 4.90 Å². The molecule has 6 nitrogen and oxygen atoms in total. The first-order valence-electron chi connectivity index (χ1n) is 21.3. The average Bonchev–Trinajstić information content (AvgIpc) is 3.92. The smallest absolute Gasteiger partial charge is 0.164 e. The second-order valence-corrected chi connectivity index (χ2v) is 17.1. The van der Waals surface area contributed by atoms with Gasteiger partial charge in [-0.2, -0.15) is 0 Å². The molecular weight excluding hydrogens is 803 g/mol. The standard InChI is InChI=1S/C57H35N5OS/c1-3-15-36(16-4-1)55-58-56(37-17-5-2-6-18-37)60-57(59-55)40-19-13-20-41(33-40)61-46-24-9-7-21-42(46)45-34-38(29-31-47(45)61)39-30-32-49-53(35-39)64-52-28-12-10-25-48(52)62(49)50-26-14-23-44-43-22-8-11-27-51(43)63-54(44)50/h1-35H.